The number of nitrogens with zero attached hydrogens (tertiary/aromatic N) is 2. The molecule has 0 spiro atoms. The van der Waals surface area contributed by atoms with Gasteiger partial charge >= 0.3 is 0 Å². The molecule has 1 N–H and O–H groups in total. The molecule has 1 saturated heterocycles. The van der Waals surface area contributed by atoms with Gasteiger partial charge in [-0.25, -0.2) is 4.39 Å². The molecule has 7 heteroatoms. The first kappa shape index (κ1) is 29.8. The Morgan fingerprint density at radius 2 is 1.73 bits per heavy atom. The summed E-state index contributed by atoms with van der Waals surface area (Å²) in [7, 11) is 0. The molecule has 0 radical (unpaired) electrons. The van der Waals surface area contributed by atoms with E-state index in [2.05, 4.69) is 24.1 Å². The molecule has 6 nitrogen and oxygen atoms in total. The van der Waals surface area contributed by atoms with Crippen molar-refractivity contribution in [2.24, 2.45) is 0 Å². The number of carbonyl (C=O) groups is 2. The highest BCUT2D eigenvalue weighted by molar-refractivity contribution is 5.97. The second-order valence-electron chi connectivity index (χ2n) is 11.0. The summed E-state index contributed by atoms with van der Waals surface area (Å²) >= 11 is 0. The predicted octanol–water partition coefficient (Wildman–Crippen LogP) is 6.17. The lowest BCUT2D eigenvalue weighted by molar-refractivity contribution is -0.149. The van der Waals surface area contributed by atoms with E-state index in [9.17, 15) is 14.0 Å². The van der Waals surface area contributed by atoms with Crippen molar-refractivity contribution in [2.75, 3.05) is 26.2 Å². The van der Waals surface area contributed by atoms with Crippen LogP contribution in [0.1, 0.15) is 86.7 Å². The number of rotatable bonds is 13. The maximum Gasteiger partial charge on any atom is 0.289 e. The van der Waals surface area contributed by atoms with Crippen LogP contribution in [0.3, 0.4) is 0 Å². The largest absolute Gasteiger partial charge is 0.482 e. The highest BCUT2D eigenvalue weighted by Crippen LogP contribution is 2.34. The van der Waals surface area contributed by atoms with Crippen LogP contribution in [-0.4, -0.2) is 59.9 Å². The van der Waals surface area contributed by atoms with Crippen molar-refractivity contribution in [3.8, 4) is 0 Å². The van der Waals surface area contributed by atoms with E-state index >= 15 is 0 Å². The third-order valence-electron chi connectivity index (χ3n) is 7.96. The van der Waals surface area contributed by atoms with Crippen LogP contribution in [0.25, 0.3) is 6.08 Å². The van der Waals surface area contributed by atoms with Crippen LogP contribution in [0.2, 0.25) is 0 Å². The predicted molar refractivity (Wildman–Crippen MR) is 157 cm³/mol. The second kappa shape index (κ2) is 15.0. The summed E-state index contributed by atoms with van der Waals surface area (Å²) in [5, 5.41) is 3.04. The Labute approximate surface area is 238 Å². The first-order chi connectivity index (χ1) is 19.5. The monoisotopic (exact) mass is 549 g/mol. The molecular weight excluding hydrogens is 505 g/mol. The Hall–Kier alpha value is -3.19. The summed E-state index contributed by atoms with van der Waals surface area (Å²) in [5.41, 5.74) is 1.88. The Morgan fingerprint density at radius 1 is 1.02 bits per heavy atom. The van der Waals surface area contributed by atoms with Crippen LogP contribution in [0.4, 0.5) is 4.39 Å². The lowest BCUT2D eigenvalue weighted by Gasteiger charge is -2.44. The number of fused-ring (bicyclic) bond motifs is 1. The molecule has 2 unspecified atom stereocenters. The number of halogens is 1. The smallest absolute Gasteiger partial charge is 0.289 e. The lowest BCUT2D eigenvalue weighted by atomic mass is 9.89. The average molecular weight is 550 g/mol. The molecule has 2 aromatic carbocycles. The van der Waals surface area contributed by atoms with Gasteiger partial charge in [-0.2, -0.15) is 0 Å². The van der Waals surface area contributed by atoms with Crippen molar-refractivity contribution in [3.63, 3.8) is 0 Å². The topological polar surface area (TPSA) is 61.9 Å². The van der Waals surface area contributed by atoms with E-state index in [0.717, 1.165) is 50.9 Å². The number of ether oxygens (including phenoxy) is 1. The van der Waals surface area contributed by atoms with Crippen LogP contribution in [-0.2, 0) is 16.1 Å². The number of nitrogens with one attached hydrogen (secondary N) is 1. The Morgan fingerprint density at radius 3 is 2.42 bits per heavy atom. The average Bonchev–Trinajstić information content (AvgIpc) is 2.97. The second-order valence-corrected chi connectivity index (χ2v) is 11.0. The van der Waals surface area contributed by atoms with E-state index < -0.39 is 0 Å². The van der Waals surface area contributed by atoms with Gasteiger partial charge in [-0.05, 0) is 75.0 Å². The highest BCUT2D eigenvalue weighted by atomic mass is 19.1. The fraction of sp³-hybridized carbons (Fsp3) is 0.515. The summed E-state index contributed by atoms with van der Waals surface area (Å²) in [5.74, 6) is -0.348. The Kier molecular flexibility index (Phi) is 11.2. The number of hydrogen-bond donors (Lipinski definition) is 1. The van der Waals surface area contributed by atoms with Gasteiger partial charge in [-0.15, -0.1) is 0 Å². The van der Waals surface area contributed by atoms with Crippen LogP contribution in [0.5, 0.6) is 0 Å². The van der Waals surface area contributed by atoms with Gasteiger partial charge in [0.2, 0.25) is 0 Å². The van der Waals surface area contributed by atoms with Crippen molar-refractivity contribution in [1.82, 2.24) is 15.1 Å². The fourth-order valence-electron chi connectivity index (χ4n) is 5.58. The van der Waals surface area contributed by atoms with Crippen LogP contribution >= 0.6 is 0 Å². The van der Waals surface area contributed by atoms with Crippen molar-refractivity contribution < 1.29 is 18.7 Å². The molecule has 2 aliphatic rings. The minimum Gasteiger partial charge on any atom is -0.482 e. The van der Waals surface area contributed by atoms with Gasteiger partial charge in [0, 0.05) is 30.8 Å². The van der Waals surface area contributed by atoms with Crippen molar-refractivity contribution >= 4 is 17.9 Å². The zero-order valence-corrected chi connectivity index (χ0v) is 24.0. The van der Waals surface area contributed by atoms with E-state index in [1.54, 1.807) is 41.3 Å². The number of morpholine rings is 1. The molecule has 1 saturated carbocycles. The first-order valence-corrected chi connectivity index (χ1v) is 15.0. The third kappa shape index (κ3) is 7.94. The minimum atomic E-state index is -0.303. The lowest BCUT2D eigenvalue weighted by Crippen LogP contribution is -2.54. The van der Waals surface area contributed by atoms with Gasteiger partial charge < -0.3 is 19.9 Å². The molecular formula is C33H44FN3O3. The van der Waals surface area contributed by atoms with Gasteiger partial charge in [0.05, 0.1) is 6.04 Å². The van der Waals surface area contributed by atoms with E-state index in [1.807, 2.05) is 12.1 Å². The maximum absolute atomic E-state index is 14.4. The Balaban J connectivity index is 1.39. The summed E-state index contributed by atoms with van der Waals surface area (Å²) < 4.78 is 20.6. The molecule has 0 aromatic heterocycles. The SMILES string of the molecule is CCCCN(CCCC)CCNC(=O)c1ccc(/C=C2\OC3CCCCC3N(Cc3ccccc3F)C2=O)cc1. The van der Waals surface area contributed by atoms with E-state index in [4.69, 9.17) is 4.74 Å². The normalized spacial score (nSPS) is 19.9. The Bertz CT molecular complexity index is 1140. The number of unbranched alkanes of at least 4 members (excludes halogenated alkanes) is 2. The minimum absolute atomic E-state index is 0.0519. The van der Waals surface area contributed by atoms with Crippen molar-refractivity contribution in [2.45, 2.75) is 83.9 Å². The van der Waals surface area contributed by atoms with E-state index in [0.29, 0.717) is 17.7 Å². The summed E-state index contributed by atoms with van der Waals surface area (Å²) in [6, 6.07) is 13.8. The van der Waals surface area contributed by atoms with Gasteiger partial charge in [0.15, 0.2) is 5.76 Å². The molecule has 4 rings (SSSR count). The molecule has 2 amide bonds. The molecule has 40 heavy (non-hydrogen) atoms. The molecule has 2 atom stereocenters. The summed E-state index contributed by atoms with van der Waals surface area (Å²) in [6.45, 7) is 8.21. The summed E-state index contributed by atoms with van der Waals surface area (Å²) in [6.07, 6.45) is 10.1. The molecule has 2 fully saturated rings. The van der Waals surface area contributed by atoms with Crippen LogP contribution < -0.4 is 5.32 Å². The number of amides is 2. The standard InChI is InChI=1S/C33H44FN3O3/c1-3-5-20-36(21-6-4-2)22-19-35-32(38)26-17-15-25(16-18-26)23-31-33(39)37(24-27-11-7-8-12-28(27)34)29-13-9-10-14-30(29)40-31/h7-8,11-12,15-18,23,29-30H,3-6,9-10,13-14,19-22,24H2,1-2H3,(H,35,38)/b31-23-. The number of benzene rings is 2. The third-order valence-corrected chi connectivity index (χ3v) is 7.96. The van der Waals surface area contributed by atoms with Gasteiger partial charge in [0.25, 0.3) is 11.8 Å². The number of hydrogen-bond acceptors (Lipinski definition) is 4. The summed E-state index contributed by atoms with van der Waals surface area (Å²) in [4.78, 5) is 30.5. The molecule has 2 aromatic rings. The quantitative estimate of drug-likeness (QED) is 0.304. The molecule has 1 aliphatic heterocycles. The van der Waals surface area contributed by atoms with Crippen molar-refractivity contribution in [3.05, 3.63) is 76.8 Å². The zero-order valence-electron chi connectivity index (χ0n) is 24.0. The first-order valence-electron chi connectivity index (χ1n) is 15.0. The van der Waals surface area contributed by atoms with Crippen LogP contribution in [0, 0.1) is 5.82 Å². The van der Waals surface area contributed by atoms with Crippen LogP contribution in [0.15, 0.2) is 54.3 Å². The number of carbonyl (C=O) groups excluding carboxylic acids is 2. The highest BCUT2D eigenvalue weighted by Gasteiger charge is 2.41. The van der Waals surface area contributed by atoms with E-state index in [1.165, 1.54) is 31.7 Å². The molecule has 1 aliphatic carbocycles. The van der Waals surface area contributed by atoms with E-state index in [-0.39, 0.29) is 42.1 Å². The van der Waals surface area contributed by atoms with Crippen molar-refractivity contribution in [1.29, 1.82) is 0 Å². The fourth-order valence-corrected chi connectivity index (χ4v) is 5.58. The molecule has 216 valence electrons. The maximum atomic E-state index is 14.4. The van der Waals surface area contributed by atoms with Gasteiger partial charge in [-0.3, -0.25) is 9.59 Å². The molecule has 0 bridgehead atoms. The zero-order chi connectivity index (χ0) is 28.3. The van der Waals surface area contributed by atoms with Gasteiger partial charge in [-0.1, -0.05) is 63.4 Å². The molecule has 1 heterocycles. The van der Waals surface area contributed by atoms with Gasteiger partial charge in [0.1, 0.15) is 11.9 Å².